The maximum absolute atomic E-state index is 5.78. The molecule has 6 heteroatoms. The number of nitrogens with zero attached hydrogens (tertiary/aromatic N) is 2. The van der Waals surface area contributed by atoms with Crippen LogP contribution in [0.15, 0.2) is 4.99 Å². The van der Waals surface area contributed by atoms with Crippen LogP contribution < -0.4 is 5.32 Å². The van der Waals surface area contributed by atoms with Gasteiger partial charge in [-0.15, -0.1) is 0 Å². The molecule has 1 N–H and O–H groups in total. The van der Waals surface area contributed by atoms with Gasteiger partial charge in [-0.05, 0) is 6.42 Å². The lowest BCUT2D eigenvalue weighted by Gasteiger charge is -2.39. The Balaban J connectivity index is 1.89. The van der Waals surface area contributed by atoms with Gasteiger partial charge in [-0.3, -0.25) is 4.99 Å². The zero-order valence-electron chi connectivity index (χ0n) is 13.6. The van der Waals surface area contributed by atoms with E-state index in [-0.39, 0.29) is 5.60 Å². The quantitative estimate of drug-likeness (QED) is 0.630. The molecule has 0 spiro atoms. The third kappa shape index (κ3) is 4.50. The van der Waals surface area contributed by atoms with E-state index in [4.69, 9.17) is 9.47 Å². The molecule has 2 aliphatic rings. The molecule has 2 saturated heterocycles. The summed E-state index contributed by atoms with van der Waals surface area (Å²) in [5, 5.41) is 4.25. The molecular formula is C15H29N3O2S. The zero-order chi connectivity index (χ0) is 15.1. The number of hydrogen-bond donors (Lipinski definition) is 1. The fourth-order valence-electron chi connectivity index (χ4n) is 2.93. The van der Waals surface area contributed by atoms with Crippen LogP contribution in [0, 0.1) is 0 Å². The van der Waals surface area contributed by atoms with Crippen molar-refractivity contribution in [2.24, 2.45) is 4.99 Å². The van der Waals surface area contributed by atoms with E-state index in [0.29, 0.717) is 0 Å². The number of ether oxygens (including phenoxy) is 2. The Bertz CT molecular complexity index is 346. The summed E-state index contributed by atoms with van der Waals surface area (Å²) < 4.78 is 11.2. The van der Waals surface area contributed by atoms with Crippen molar-refractivity contribution in [3.05, 3.63) is 0 Å². The molecule has 0 aromatic carbocycles. The highest BCUT2D eigenvalue weighted by Crippen LogP contribution is 2.24. The molecule has 122 valence electrons. The van der Waals surface area contributed by atoms with Crippen LogP contribution in [0.3, 0.4) is 0 Å². The van der Waals surface area contributed by atoms with Gasteiger partial charge in [-0.2, -0.15) is 11.8 Å². The minimum absolute atomic E-state index is 0.108. The van der Waals surface area contributed by atoms with E-state index in [1.807, 2.05) is 7.05 Å². The van der Waals surface area contributed by atoms with Gasteiger partial charge in [0.25, 0.3) is 0 Å². The molecular weight excluding hydrogens is 286 g/mol. The van der Waals surface area contributed by atoms with Crippen LogP contribution in [0.4, 0.5) is 0 Å². The molecule has 2 heterocycles. The van der Waals surface area contributed by atoms with Crippen LogP contribution in [0.2, 0.25) is 0 Å². The second kappa shape index (κ2) is 8.25. The molecule has 0 bridgehead atoms. The van der Waals surface area contributed by atoms with Gasteiger partial charge in [0, 0.05) is 70.8 Å². The van der Waals surface area contributed by atoms with E-state index in [1.54, 1.807) is 7.11 Å². The lowest BCUT2D eigenvalue weighted by atomic mass is 9.94. The van der Waals surface area contributed by atoms with Gasteiger partial charge < -0.3 is 19.7 Å². The number of rotatable bonds is 4. The van der Waals surface area contributed by atoms with Crippen molar-refractivity contribution in [2.75, 3.05) is 52.8 Å². The number of aliphatic imine (C=N–C) groups is 1. The van der Waals surface area contributed by atoms with E-state index in [9.17, 15) is 0 Å². The van der Waals surface area contributed by atoms with E-state index in [0.717, 1.165) is 56.9 Å². The van der Waals surface area contributed by atoms with Gasteiger partial charge >= 0.3 is 0 Å². The van der Waals surface area contributed by atoms with Gasteiger partial charge in [0.05, 0.1) is 5.60 Å². The van der Waals surface area contributed by atoms with Gasteiger partial charge in [-0.1, -0.05) is 6.92 Å². The summed E-state index contributed by atoms with van der Waals surface area (Å²) in [6, 6.07) is 0. The predicted molar refractivity (Wildman–Crippen MR) is 89.3 cm³/mol. The third-order valence-electron chi connectivity index (χ3n) is 4.51. The smallest absolute Gasteiger partial charge is 0.193 e. The van der Waals surface area contributed by atoms with Crippen LogP contribution in [0.1, 0.15) is 26.2 Å². The van der Waals surface area contributed by atoms with Crippen LogP contribution in [-0.2, 0) is 9.47 Å². The standard InChI is InChI=1S/C15H29N3O2S/c1-4-13-11-18(7-10-21-13)14(16-2)17-12-15(19-3)5-8-20-9-6-15/h13H,4-12H2,1-3H3,(H,16,17). The van der Waals surface area contributed by atoms with Gasteiger partial charge in [-0.25, -0.2) is 0 Å². The number of nitrogens with one attached hydrogen (secondary N) is 1. The highest BCUT2D eigenvalue weighted by molar-refractivity contribution is 8.00. The van der Waals surface area contributed by atoms with Crippen LogP contribution in [0.25, 0.3) is 0 Å². The molecule has 1 atom stereocenters. The molecule has 0 aromatic heterocycles. The average Bonchev–Trinajstić information content (AvgIpc) is 2.56. The van der Waals surface area contributed by atoms with Crippen molar-refractivity contribution in [3.8, 4) is 0 Å². The van der Waals surface area contributed by atoms with Crippen molar-refractivity contribution < 1.29 is 9.47 Å². The fourth-order valence-corrected chi connectivity index (χ4v) is 4.11. The van der Waals surface area contributed by atoms with E-state index >= 15 is 0 Å². The first-order valence-corrected chi connectivity index (χ1v) is 8.98. The maximum atomic E-state index is 5.78. The van der Waals surface area contributed by atoms with Crippen molar-refractivity contribution in [1.82, 2.24) is 10.2 Å². The van der Waals surface area contributed by atoms with Crippen molar-refractivity contribution in [3.63, 3.8) is 0 Å². The molecule has 5 nitrogen and oxygen atoms in total. The van der Waals surface area contributed by atoms with Crippen molar-refractivity contribution >= 4 is 17.7 Å². The number of methoxy groups -OCH3 is 1. The van der Waals surface area contributed by atoms with E-state index < -0.39 is 0 Å². The lowest BCUT2D eigenvalue weighted by Crippen LogP contribution is -2.53. The summed E-state index contributed by atoms with van der Waals surface area (Å²) in [6.45, 7) is 6.80. The molecule has 2 fully saturated rings. The average molecular weight is 315 g/mol. The number of thioether (sulfide) groups is 1. The zero-order valence-corrected chi connectivity index (χ0v) is 14.4. The summed E-state index contributed by atoms with van der Waals surface area (Å²) in [4.78, 5) is 6.85. The molecule has 0 radical (unpaired) electrons. The van der Waals surface area contributed by atoms with Crippen LogP contribution >= 0.6 is 11.8 Å². The Labute approximate surface area is 132 Å². The van der Waals surface area contributed by atoms with Gasteiger partial charge in [0.15, 0.2) is 5.96 Å². The molecule has 0 aromatic rings. The Hall–Kier alpha value is -0.460. The highest BCUT2D eigenvalue weighted by Gasteiger charge is 2.33. The second-order valence-electron chi connectivity index (χ2n) is 5.75. The van der Waals surface area contributed by atoms with E-state index in [1.165, 1.54) is 12.2 Å². The molecule has 0 aliphatic carbocycles. The molecule has 0 amide bonds. The van der Waals surface area contributed by atoms with Gasteiger partial charge in [0.1, 0.15) is 0 Å². The van der Waals surface area contributed by atoms with Crippen molar-refractivity contribution in [2.45, 2.75) is 37.0 Å². The Morgan fingerprint density at radius 2 is 2.24 bits per heavy atom. The molecule has 0 saturated carbocycles. The first-order chi connectivity index (χ1) is 10.2. The Morgan fingerprint density at radius 3 is 2.86 bits per heavy atom. The normalized spacial score (nSPS) is 26.7. The third-order valence-corrected chi connectivity index (χ3v) is 5.88. The molecule has 2 aliphatic heterocycles. The van der Waals surface area contributed by atoms with E-state index in [2.05, 4.69) is 33.9 Å². The molecule has 2 rings (SSSR count). The highest BCUT2D eigenvalue weighted by atomic mass is 32.2. The number of guanidine groups is 1. The minimum atomic E-state index is -0.108. The maximum Gasteiger partial charge on any atom is 0.193 e. The monoisotopic (exact) mass is 315 g/mol. The lowest BCUT2D eigenvalue weighted by molar-refractivity contribution is -0.0857. The van der Waals surface area contributed by atoms with Crippen LogP contribution in [0.5, 0.6) is 0 Å². The first-order valence-electron chi connectivity index (χ1n) is 7.93. The molecule has 21 heavy (non-hydrogen) atoms. The largest absolute Gasteiger partial charge is 0.381 e. The Morgan fingerprint density at radius 1 is 1.48 bits per heavy atom. The summed E-state index contributed by atoms with van der Waals surface area (Å²) >= 11 is 2.08. The summed E-state index contributed by atoms with van der Waals surface area (Å²) in [5.41, 5.74) is -0.108. The van der Waals surface area contributed by atoms with Crippen molar-refractivity contribution in [1.29, 1.82) is 0 Å². The topological polar surface area (TPSA) is 46.1 Å². The van der Waals surface area contributed by atoms with Gasteiger partial charge in [0.2, 0.25) is 0 Å². The fraction of sp³-hybridized carbons (Fsp3) is 0.933. The summed E-state index contributed by atoms with van der Waals surface area (Å²) in [5.74, 6) is 2.19. The summed E-state index contributed by atoms with van der Waals surface area (Å²) in [6.07, 6.45) is 3.11. The SMILES string of the molecule is CCC1CN(C(=NC)NCC2(OC)CCOCC2)CCS1. The summed E-state index contributed by atoms with van der Waals surface area (Å²) in [7, 11) is 3.68. The minimum Gasteiger partial charge on any atom is -0.381 e. The second-order valence-corrected chi connectivity index (χ2v) is 7.16. The van der Waals surface area contributed by atoms with Crippen LogP contribution in [-0.4, -0.2) is 74.5 Å². The first kappa shape index (κ1) is 16.9. The molecule has 1 unspecified atom stereocenters. The number of hydrogen-bond acceptors (Lipinski definition) is 4. The Kier molecular flexibility index (Phi) is 6.64. The predicted octanol–water partition coefficient (Wildman–Crippen LogP) is 1.58.